The van der Waals surface area contributed by atoms with Crippen molar-refractivity contribution in [3.63, 3.8) is 0 Å². The van der Waals surface area contributed by atoms with Crippen LogP contribution in [0.2, 0.25) is 0 Å². The third-order valence-electron chi connectivity index (χ3n) is 8.43. The zero-order valence-corrected chi connectivity index (χ0v) is 23.3. The van der Waals surface area contributed by atoms with Crippen molar-refractivity contribution in [2.45, 2.75) is 82.6 Å². The first-order chi connectivity index (χ1) is 18.4. The number of nitrogens with one attached hydrogen (secondary N) is 3. The maximum Gasteiger partial charge on any atom is 0.312 e. The van der Waals surface area contributed by atoms with Gasteiger partial charge in [-0.3, -0.25) is 19.2 Å². The monoisotopic (exact) mass is 537 g/mol. The predicted octanol–water partition coefficient (Wildman–Crippen LogP) is 4.53. The largest absolute Gasteiger partial charge is 0.346 e. The fraction of sp³-hybridized carbons (Fsp3) is 0.517. The highest BCUT2D eigenvalue weighted by Gasteiger charge is 2.59. The Hall–Kier alpha value is -2.51. The summed E-state index contributed by atoms with van der Waals surface area (Å²) < 4.78 is 19.6. The molecule has 3 aliphatic rings. The van der Waals surface area contributed by atoms with Gasteiger partial charge in [-0.15, -0.1) is 0 Å². The summed E-state index contributed by atoms with van der Waals surface area (Å²) >= 11 is 0. The Morgan fingerprint density at radius 3 is 1.87 bits per heavy atom. The lowest BCUT2D eigenvalue weighted by molar-refractivity contribution is -0.126. The van der Waals surface area contributed by atoms with Crippen LogP contribution >= 0.6 is 7.59 Å². The van der Waals surface area contributed by atoms with Crippen LogP contribution in [0.5, 0.6) is 0 Å². The van der Waals surface area contributed by atoms with Gasteiger partial charge in [0, 0.05) is 24.2 Å². The van der Waals surface area contributed by atoms with E-state index in [4.69, 9.17) is 0 Å². The summed E-state index contributed by atoms with van der Waals surface area (Å²) in [6.07, 6.45) is 5.73. The van der Waals surface area contributed by atoms with Crippen LogP contribution in [0.3, 0.4) is 0 Å². The second-order valence-corrected chi connectivity index (χ2v) is 13.0. The van der Waals surface area contributed by atoms with Gasteiger partial charge in [0.15, 0.2) is 0 Å². The number of amides is 2. The van der Waals surface area contributed by atoms with Crippen LogP contribution in [-0.2, 0) is 14.2 Å². The summed E-state index contributed by atoms with van der Waals surface area (Å²) in [6.45, 7) is 4.78. The molecule has 1 saturated carbocycles. The number of carbonyl (C=O) groups excluding carboxylic acids is 2. The predicted molar refractivity (Wildman–Crippen MR) is 149 cm³/mol. The lowest BCUT2D eigenvalue weighted by Crippen LogP contribution is -2.46. The highest BCUT2D eigenvalue weighted by molar-refractivity contribution is 7.58. The molecule has 1 aliphatic carbocycles. The summed E-state index contributed by atoms with van der Waals surface area (Å²) in [6, 6.07) is 19.8. The third kappa shape index (κ3) is 5.32. The lowest BCUT2D eigenvalue weighted by Gasteiger charge is -2.38. The highest BCUT2D eigenvalue weighted by atomic mass is 31.2. The zero-order chi connectivity index (χ0) is 26.7. The normalized spacial score (nSPS) is 29.4. The molecule has 2 amide bonds. The van der Waals surface area contributed by atoms with E-state index in [0.29, 0.717) is 0 Å². The Balaban J connectivity index is 1.47. The third-order valence-corrected chi connectivity index (χ3v) is 11.5. The molecule has 2 aliphatic heterocycles. The molecule has 5 rings (SSSR count). The standard InChI is InChI=1S/C29H40N5O3P/c1-21(23-12-5-3-6-13-23)33-26-17-9-10-18-27(26)34(22(2)24-14-7-4-8-15-24)38(33,37)32-28(35)20-31-29(36)25-16-11-19-30-25/h3-8,12-15,21-22,25-27,30H,9-11,16-20H2,1-2H3,(H,31,36)(H,32,35,37)/t21-,22?,25+,26-,27?,38?/m1/s1. The minimum absolute atomic E-state index is 0.0635. The minimum atomic E-state index is -3.58. The van der Waals surface area contributed by atoms with E-state index in [1.54, 1.807) is 0 Å². The first-order valence-corrected chi connectivity index (χ1v) is 15.6. The molecule has 2 aromatic rings. The van der Waals surface area contributed by atoms with Gasteiger partial charge in [0.2, 0.25) is 11.8 Å². The molecular formula is C29H40N5O3P. The van der Waals surface area contributed by atoms with E-state index in [1.165, 1.54) is 0 Å². The van der Waals surface area contributed by atoms with Gasteiger partial charge in [0.1, 0.15) is 0 Å². The van der Waals surface area contributed by atoms with Crippen molar-refractivity contribution < 1.29 is 14.2 Å². The van der Waals surface area contributed by atoms with Gasteiger partial charge in [-0.1, -0.05) is 73.5 Å². The average Bonchev–Trinajstić information content (AvgIpc) is 3.57. The van der Waals surface area contributed by atoms with Crippen LogP contribution in [-0.4, -0.2) is 52.4 Å². The molecule has 8 nitrogen and oxygen atoms in total. The van der Waals surface area contributed by atoms with Gasteiger partial charge in [-0.2, -0.15) is 0 Å². The first kappa shape index (κ1) is 27.1. The fourth-order valence-corrected chi connectivity index (χ4v) is 9.98. The van der Waals surface area contributed by atoms with Crippen LogP contribution in [0.25, 0.3) is 0 Å². The van der Waals surface area contributed by atoms with E-state index in [9.17, 15) is 9.59 Å². The molecule has 6 atom stereocenters. The number of rotatable bonds is 8. The van der Waals surface area contributed by atoms with Crippen LogP contribution < -0.4 is 15.7 Å². The molecule has 9 heteroatoms. The number of carbonyl (C=O) groups is 2. The molecule has 2 aromatic carbocycles. The van der Waals surface area contributed by atoms with E-state index in [2.05, 4.69) is 63.2 Å². The Morgan fingerprint density at radius 1 is 0.868 bits per heavy atom. The topological polar surface area (TPSA) is 93.8 Å². The van der Waals surface area contributed by atoms with Crippen LogP contribution in [0.15, 0.2) is 60.7 Å². The van der Waals surface area contributed by atoms with E-state index >= 15 is 4.57 Å². The van der Waals surface area contributed by atoms with Crippen LogP contribution in [0.4, 0.5) is 0 Å². The number of fused-ring (bicyclic) bond motifs is 1. The SMILES string of the molecule is CC(c1ccccc1)N1C2CCCC[C@H]2N([C@H](C)c2ccccc2)P1(=O)NC(=O)CNC(=O)[C@@H]1CCCN1. The number of hydrogen-bond acceptors (Lipinski definition) is 4. The van der Waals surface area contributed by atoms with Crippen molar-refractivity contribution in [3.8, 4) is 0 Å². The smallest absolute Gasteiger partial charge is 0.312 e. The molecule has 0 spiro atoms. The van der Waals surface area contributed by atoms with Crippen molar-refractivity contribution in [1.29, 1.82) is 0 Å². The van der Waals surface area contributed by atoms with Crippen molar-refractivity contribution in [2.24, 2.45) is 0 Å². The number of benzene rings is 2. The maximum absolute atomic E-state index is 15.4. The molecule has 0 bridgehead atoms. The molecule has 2 saturated heterocycles. The van der Waals surface area contributed by atoms with Gasteiger partial charge in [-0.25, -0.2) is 9.34 Å². The van der Waals surface area contributed by atoms with Crippen molar-refractivity contribution >= 4 is 19.4 Å². The maximum atomic E-state index is 15.4. The molecule has 0 aromatic heterocycles. The highest BCUT2D eigenvalue weighted by Crippen LogP contribution is 2.66. The van der Waals surface area contributed by atoms with Crippen LogP contribution in [0.1, 0.15) is 75.6 Å². The van der Waals surface area contributed by atoms with Crippen molar-refractivity contribution in [3.05, 3.63) is 71.8 Å². The number of nitrogens with zero attached hydrogens (tertiary/aromatic N) is 2. The first-order valence-electron chi connectivity index (χ1n) is 14.0. The van der Waals surface area contributed by atoms with Crippen molar-refractivity contribution in [1.82, 2.24) is 25.1 Å². The minimum Gasteiger partial charge on any atom is -0.346 e. The van der Waals surface area contributed by atoms with Gasteiger partial charge >= 0.3 is 7.59 Å². The van der Waals surface area contributed by atoms with E-state index in [-0.39, 0.29) is 42.7 Å². The zero-order valence-electron chi connectivity index (χ0n) is 22.4. The van der Waals surface area contributed by atoms with E-state index < -0.39 is 13.5 Å². The Morgan fingerprint density at radius 2 is 1.39 bits per heavy atom. The van der Waals surface area contributed by atoms with E-state index in [0.717, 1.165) is 56.2 Å². The summed E-state index contributed by atoms with van der Waals surface area (Å²) in [5.41, 5.74) is 2.14. The molecule has 38 heavy (non-hydrogen) atoms. The molecule has 204 valence electrons. The summed E-state index contributed by atoms with van der Waals surface area (Å²) in [7, 11) is -3.58. The summed E-state index contributed by atoms with van der Waals surface area (Å²) in [5.74, 6) is -0.603. The molecular weight excluding hydrogens is 497 g/mol. The Bertz CT molecular complexity index is 1090. The van der Waals surface area contributed by atoms with E-state index in [1.807, 2.05) is 36.4 Å². The molecule has 3 fully saturated rings. The quantitative estimate of drug-likeness (QED) is 0.429. The lowest BCUT2D eigenvalue weighted by atomic mass is 9.88. The van der Waals surface area contributed by atoms with Gasteiger partial charge in [0.05, 0.1) is 12.6 Å². The van der Waals surface area contributed by atoms with Gasteiger partial charge in [0.25, 0.3) is 0 Å². The van der Waals surface area contributed by atoms with Gasteiger partial charge < -0.3 is 10.6 Å². The second kappa shape index (κ2) is 11.7. The summed E-state index contributed by atoms with van der Waals surface area (Å²) in [5, 5.41) is 8.91. The molecule has 3 N–H and O–H groups in total. The Kier molecular flexibility index (Phi) is 8.34. The Labute approximate surface area is 226 Å². The van der Waals surface area contributed by atoms with Gasteiger partial charge in [-0.05, 0) is 57.2 Å². The average molecular weight is 538 g/mol. The summed E-state index contributed by atoms with van der Waals surface area (Å²) in [4.78, 5) is 25.9. The second-order valence-electron chi connectivity index (χ2n) is 10.8. The molecule has 2 heterocycles. The van der Waals surface area contributed by atoms with Crippen molar-refractivity contribution in [2.75, 3.05) is 13.1 Å². The number of hydrogen-bond donors (Lipinski definition) is 3. The fourth-order valence-electron chi connectivity index (χ4n) is 6.56. The molecule has 0 radical (unpaired) electrons. The van der Waals surface area contributed by atoms with Crippen LogP contribution in [0, 0.1) is 0 Å². The molecule has 3 unspecified atom stereocenters.